The van der Waals surface area contributed by atoms with Gasteiger partial charge in [0, 0.05) is 11.1 Å². The van der Waals surface area contributed by atoms with Crippen LogP contribution < -0.4 is 0 Å². The zero-order chi connectivity index (χ0) is 14.7. The van der Waals surface area contributed by atoms with Gasteiger partial charge in [-0.25, -0.2) is 0 Å². The van der Waals surface area contributed by atoms with Crippen molar-refractivity contribution >= 4 is 11.6 Å². The molecule has 0 unspecified atom stereocenters. The molecule has 2 aromatic carbocycles. The lowest BCUT2D eigenvalue weighted by atomic mass is 10.0. The minimum absolute atomic E-state index is 0.920. The SMILES string of the molecule is C/C(=C/c1ccccc1)c1cc(-c2ccccc2)oc1C. The van der Waals surface area contributed by atoms with Gasteiger partial charge in [-0.1, -0.05) is 66.7 Å². The van der Waals surface area contributed by atoms with Gasteiger partial charge < -0.3 is 4.42 Å². The number of allylic oxidation sites excluding steroid dienone is 1. The Balaban J connectivity index is 1.97. The van der Waals surface area contributed by atoms with Gasteiger partial charge in [0.15, 0.2) is 0 Å². The average Bonchev–Trinajstić information content (AvgIpc) is 2.91. The van der Waals surface area contributed by atoms with Gasteiger partial charge in [-0.05, 0) is 31.1 Å². The van der Waals surface area contributed by atoms with E-state index < -0.39 is 0 Å². The maximum absolute atomic E-state index is 5.92. The molecule has 0 atom stereocenters. The fraction of sp³-hybridized carbons (Fsp3) is 0.100. The summed E-state index contributed by atoms with van der Waals surface area (Å²) in [6.07, 6.45) is 2.19. The molecule has 0 radical (unpaired) electrons. The van der Waals surface area contributed by atoms with E-state index in [0.29, 0.717) is 0 Å². The van der Waals surface area contributed by atoms with E-state index in [1.54, 1.807) is 0 Å². The third kappa shape index (κ3) is 2.97. The Morgan fingerprint density at radius 1 is 0.905 bits per heavy atom. The lowest BCUT2D eigenvalue weighted by molar-refractivity contribution is 0.547. The number of hydrogen-bond acceptors (Lipinski definition) is 1. The molecule has 0 N–H and O–H groups in total. The van der Waals surface area contributed by atoms with Gasteiger partial charge in [-0.15, -0.1) is 0 Å². The molecule has 104 valence electrons. The second kappa shape index (κ2) is 5.84. The Hall–Kier alpha value is -2.54. The molecule has 0 amide bonds. The highest BCUT2D eigenvalue weighted by molar-refractivity contribution is 5.82. The van der Waals surface area contributed by atoms with Gasteiger partial charge in [0.2, 0.25) is 0 Å². The number of benzene rings is 2. The van der Waals surface area contributed by atoms with Crippen LogP contribution in [0.25, 0.3) is 23.0 Å². The Bertz CT molecular complexity index is 749. The fourth-order valence-corrected chi connectivity index (χ4v) is 2.50. The number of aryl methyl sites for hydroxylation is 1. The predicted octanol–water partition coefficient (Wildman–Crippen LogP) is 5.82. The first-order valence-electron chi connectivity index (χ1n) is 7.13. The lowest BCUT2D eigenvalue weighted by Crippen LogP contribution is -1.79. The number of furan rings is 1. The van der Waals surface area contributed by atoms with Crippen LogP contribution in [-0.4, -0.2) is 0 Å². The summed E-state index contributed by atoms with van der Waals surface area (Å²) < 4.78 is 5.92. The lowest BCUT2D eigenvalue weighted by Gasteiger charge is -1.99. The quantitative estimate of drug-likeness (QED) is 0.587. The summed E-state index contributed by atoms with van der Waals surface area (Å²) in [5.41, 5.74) is 4.69. The highest BCUT2D eigenvalue weighted by Gasteiger charge is 2.10. The molecule has 3 aromatic rings. The van der Waals surface area contributed by atoms with Crippen molar-refractivity contribution in [3.63, 3.8) is 0 Å². The van der Waals surface area contributed by atoms with Gasteiger partial charge in [-0.2, -0.15) is 0 Å². The van der Waals surface area contributed by atoms with Crippen molar-refractivity contribution < 1.29 is 4.42 Å². The van der Waals surface area contributed by atoms with Crippen LogP contribution in [0.5, 0.6) is 0 Å². The summed E-state index contributed by atoms with van der Waals surface area (Å²) in [6.45, 7) is 4.14. The maximum Gasteiger partial charge on any atom is 0.134 e. The molecule has 1 nitrogen and oxygen atoms in total. The zero-order valence-corrected chi connectivity index (χ0v) is 12.3. The molecule has 0 saturated heterocycles. The maximum atomic E-state index is 5.92. The van der Waals surface area contributed by atoms with Gasteiger partial charge in [-0.3, -0.25) is 0 Å². The Kier molecular flexibility index (Phi) is 3.74. The molecule has 0 aliphatic heterocycles. The van der Waals surface area contributed by atoms with E-state index in [1.807, 2.05) is 31.2 Å². The first-order valence-corrected chi connectivity index (χ1v) is 7.13. The van der Waals surface area contributed by atoms with Gasteiger partial charge in [0.25, 0.3) is 0 Å². The molecule has 0 fully saturated rings. The van der Waals surface area contributed by atoms with Gasteiger partial charge >= 0.3 is 0 Å². The summed E-state index contributed by atoms with van der Waals surface area (Å²) >= 11 is 0. The molecule has 21 heavy (non-hydrogen) atoms. The fourth-order valence-electron chi connectivity index (χ4n) is 2.50. The van der Waals surface area contributed by atoms with E-state index in [4.69, 9.17) is 4.42 Å². The molecule has 3 rings (SSSR count). The van der Waals surface area contributed by atoms with Crippen LogP contribution in [-0.2, 0) is 0 Å². The molecule has 1 heterocycles. The molecule has 0 aliphatic rings. The zero-order valence-electron chi connectivity index (χ0n) is 12.3. The van der Waals surface area contributed by atoms with E-state index in [0.717, 1.165) is 22.6 Å². The summed E-state index contributed by atoms with van der Waals surface area (Å²) in [6, 6.07) is 22.7. The molecular weight excluding hydrogens is 256 g/mol. The van der Waals surface area contributed by atoms with Crippen LogP contribution in [0.1, 0.15) is 23.8 Å². The predicted molar refractivity (Wildman–Crippen MR) is 88.9 cm³/mol. The second-order valence-corrected chi connectivity index (χ2v) is 5.18. The summed E-state index contributed by atoms with van der Waals surface area (Å²) in [5, 5.41) is 0. The third-order valence-electron chi connectivity index (χ3n) is 3.58. The highest BCUT2D eigenvalue weighted by Crippen LogP contribution is 2.30. The molecular formula is C20H18O. The van der Waals surface area contributed by atoms with E-state index in [-0.39, 0.29) is 0 Å². The van der Waals surface area contributed by atoms with Crippen LogP contribution in [0.3, 0.4) is 0 Å². The number of rotatable bonds is 3. The minimum atomic E-state index is 0.920. The monoisotopic (exact) mass is 274 g/mol. The van der Waals surface area contributed by atoms with Crippen molar-refractivity contribution in [3.05, 3.63) is 83.6 Å². The van der Waals surface area contributed by atoms with Crippen molar-refractivity contribution in [1.82, 2.24) is 0 Å². The topological polar surface area (TPSA) is 13.1 Å². The van der Waals surface area contributed by atoms with Gasteiger partial charge in [0.1, 0.15) is 11.5 Å². The Morgan fingerprint density at radius 2 is 1.52 bits per heavy atom. The van der Waals surface area contributed by atoms with Crippen molar-refractivity contribution in [1.29, 1.82) is 0 Å². The summed E-state index contributed by atoms with van der Waals surface area (Å²) in [5.74, 6) is 1.88. The van der Waals surface area contributed by atoms with Crippen molar-refractivity contribution in [2.24, 2.45) is 0 Å². The first-order chi connectivity index (χ1) is 10.2. The number of hydrogen-bond donors (Lipinski definition) is 0. The van der Waals surface area contributed by atoms with Crippen LogP contribution in [0.4, 0.5) is 0 Å². The summed E-state index contributed by atoms with van der Waals surface area (Å²) in [4.78, 5) is 0. The normalized spacial score (nSPS) is 11.6. The van der Waals surface area contributed by atoms with E-state index in [1.165, 1.54) is 11.1 Å². The Morgan fingerprint density at radius 3 is 2.19 bits per heavy atom. The largest absolute Gasteiger partial charge is 0.461 e. The molecule has 1 aromatic heterocycles. The van der Waals surface area contributed by atoms with Crippen LogP contribution in [0.15, 0.2) is 71.1 Å². The van der Waals surface area contributed by atoms with E-state index in [9.17, 15) is 0 Å². The van der Waals surface area contributed by atoms with Crippen LogP contribution in [0, 0.1) is 6.92 Å². The van der Waals surface area contributed by atoms with Crippen LogP contribution in [0.2, 0.25) is 0 Å². The molecule has 0 spiro atoms. The van der Waals surface area contributed by atoms with E-state index >= 15 is 0 Å². The third-order valence-corrected chi connectivity index (χ3v) is 3.58. The van der Waals surface area contributed by atoms with Crippen molar-refractivity contribution in [3.8, 4) is 11.3 Å². The molecule has 1 heteroatoms. The van der Waals surface area contributed by atoms with Gasteiger partial charge in [0.05, 0.1) is 0 Å². The minimum Gasteiger partial charge on any atom is -0.461 e. The molecule has 0 bridgehead atoms. The smallest absolute Gasteiger partial charge is 0.134 e. The molecule has 0 aliphatic carbocycles. The first kappa shape index (κ1) is 13.4. The standard InChI is InChI=1S/C20H18O/c1-15(13-17-9-5-3-6-10-17)19-14-20(21-16(19)2)18-11-7-4-8-12-18/h3-14H,1-2H3/b15-13-. The van der Waals surface area contributed by atoms with Crippen molar-refractivity contribution in [2.75, 3.05) is 0 Å². The summed E-state index contributed by atoms with van der Waals surface area (Å²) in [7, 11) is 0. The highest BCUT2D eigenvalue weighted by atomic mass is 16.3. The average molecular weight is 274 g/mol. The second-order valence-electron chi connectivity index (χ2n) is 5.18. The van der Waals surface area contributed by atoms with E-state index in [2.05, 4.69) is 55.5 Å². The van der Waals surface area contributed by atoms with Crippen LogP contribution >= 0.6 is 0 Å². The Labute approximate surface area is 125 Å². The molecule has 0 saturated carbocycles. The van der Waals surface area contributed by atoms with Crippen molar-refractivity contribution in [2.45, 2.75) is 13.8 Å².